The SMILES string of the molecule is Cc1cc(C)c(/C=C2\C=CC(CCC(=O)Nc3ccc(C[C@H](N)C(=O)O)cc3)=N2)[nH]1. The number of carbonyl (C=O) groups excluding carboxylic acids is 1. The zero-order valence-corrected chi connectivity index (χ0v) is 17.1. The van der Waals surface area contributed by atoms with Crippen LogP contribution in [0, 0.1) is 13.8 Å². The van der Waals surface area contributed by atoms with Gasteiger partial charge in [0.25, 0.3) is 0 Å². The molecule has 7 heteroatoms. The summed E-state index contributed by atoms with van der Waals surface area (Å²) in [6.45, 7) is 4.07. The summed E-state index contributed by atoms with van der Waals surface area (Å²) in [6.07, 6.45) is 7.00. The molecular weight excluding hydrogens is 380 g/mol. The zero-order chi connectivity index (χ0) is 21.7. The van der Waals surface area contributed by atoms with E-state index in [4.69, 9.17) is 10.8 Å². The van der Waals surface area contributed by atoms with Crippen LogP contribution in [0.5, 0.6) is 0 Å². The van der Waals surface area contributed by atoms with E-state index < -0.39 is 12.0 Å². The first-order chi connectivity index (χ1) is 14.3. The quantitative estimate of drug-likeness (QED) is 0.537. The molecule has 2 aromatic rings. The van der Waals surface area contributed by atoms with E-state index in [0.717, 1.165) is 28.4 Å². The number of carboxylic acids is 1. The minimum atomic E-state index is -1.03. The molecule has 1 atom stereocenters. The van der Waals surface area contributed by atoms with Gasteiger partial charge in [-0.1, -0.05) is 12.1 Å². The fraction of sp³-hybridized carbons (Fsp3) is 0.261. The number of rotatable bonds is 8. The number of nitrogens with one attached hydrogen (secondary N) is 2. The second-order valence-electron chi connectivity index (χ2n) is 7.45. The molecule has 0 spiro atoms. The average molecular weight is 406 g/mol. The summed E-state index contributed by atoms with van der Waals surface area (Å²) >= 11 is 0. The second-order valence-corrected chi connectivity index (χ2v) is 7.45. The maximum absolute atomic E-state index is 12.2. The maximum atomic E-state index is 12.2. The van der Waals surface area contributed by atoms with Gasteiger partial charge in [-0.25, -0.2) is 0 Å². The highest BCUT2D eigenvalue weighted by Gasteiger charge is 2.12. The number of allylic oxidation sites excluding steroid dienone is 2. The molecule has 0 bridgehead atoms. The molecule has 0 saturated heterocycles. The van der Waals surface area contributed by atoms with Gasteiger partial charge < -0.3 is 21.1 Å². The van der Waals surface area contributed by atoms with Crippen molar-refractivity contribution >= 4 is 29.4 Å². The summed E-state index contributed by atoms with van der Waals surface area (Å²) < 4.78 is 0. The number of H-pyrrole nitrogens is 1. The Balaban J connectivity index is 1.50. The monoisotopic (exact) mass is 406 g/mol. The molecule has 0 unspecified atom stereocenters. The molecule has 30 heavy (non-hydrogen) atoms. The third kappa shape index (κ3) is 5.78. The average Bonchev–Trinajstić information content (AvgIpc) is 3.27. The van der Waals surface area contributed by atoms with Crippen LogP contribution in [0.15, 0.2) is 53.2 Å². The number of aromatic amines is 1. The third-order valence-electron chi connectivity index (χ3n) is 4.82. The van der Waals surface area contributed by atoms with Crippen molar-refractivity contribution in [3.05, 3.63) is 70.7 Å². The van der Waals surface area contributed by atoms with Crippen LogP contribution in [0.1, 0.15) is 35.4 Å². The van der Waals surface area contributed by atoms with Crippen molar-refractivity contribution in [1.29, 1.82) is 0 Å². The van der Waals surface area contributed by atoms with E-state index in [2.05, 4.69) is 28.3 Å². The molecule has 1 aromatic carbocycles. The van der Waals surface area contributed by atoms with E-state index >= 15 is 0 Å². The number of aryl methyl sites for hydroxylation is 2. The number of carbonyl (C=O) groups is 2. The first kappa shape index (κ1) is 21.3. The number of aliphatic carboxylic acids is 1. The standard InChI is InChI=1S/C23H26N4O3/c1-14-11-15(2)25-21(14)13-19-8-7-17(26-19)9-10-22(28)27-18-5-3-16(4-6-18)12-20(24)23(29)30/h3-8,11,13,20,25H,9-10,12,24H2,1-2H3,(H,27,28)(H,29,30)/b19-13+/t20-/m0/s1. The van der Waals surface area contributed by atoms with Crippen molar-refractivity contribution < 1.29 is 14.7 Å². The summed E-state index contributed by atoms with van der Waals surface area (Å²) in [5, 5.41) is 11.7. The van der Waals surface area contributed by atoms with Crippen LogP contribution in [-0.4, -0.2) is 33.7 Å². The third-order valence-corrected chi connectivity index (χ3v) is 4.82. The number of benzene rings is 1. The number of nitrogens with zero attached hydrogens (tertiary/aromatic N) is 1. The number of nitrogens with two attached hydrogens (primary N) is 1. The number of aliphatic imine (C=N–C) groups is 1. The molecule has 0 aliphatic carbocycles. The zero-order valence-electron chi connectivity index (χ0n) is 17.1. The lowest BCUT2D eigenvalue weighted by atomic mass is 10.1. The number of carboxylic acid groups (broad SMARTS) is 1. The van der Waals surface area contributed by atoms with Crippen LogP contribution < -0.4 is 11.1 Å². The van der Waals surface area contributed by atoms with Gasteiger partial charge in [0.05, 0.1) is 5.70 Å². The lowest BCUT2D eigenvalue weighted by molar-refractivity contribution is -0.138. The van der Waals surface area contributed by atoms with Crippen LogP contribution in [0.2, 0.25) is 0 Å². The molecule has 0 saturated carbocycles. The summed E-state index contributed by atoms with van der Waals surface area (Å²) in [5.41, 5.74) is 12.1. The molecular formula is C23H26N4O3. The number of hydrogen-bond acceptors (Lipinski definition) is 4. The normalized spacial score (nSPS) is 15.3. The Hall–Kier alpha value is -3.45. The van der Waals surface area contributed by atoms with Gasteiger partial charge in [-0.15, -0.1) is 0 Å². The number of hydrogen-bond donors (Lipinski definition) is 4. The number of amides is 1. The Morgan fingerprint density at radius 1 is 1.23 bits per heavy atom. The van der Waals surface area contributed by atoms with Crippen molar-refractivity contribution in [2.75, 3.05) is 5.32 Å². The summed E-state index contributed by atoms with van der Waals surface area (Å²) in [4.78, 5) is 30.9. The Kier molecular flexibility index (Phi) is 6.64. The van der Waals surface area contributed by atoms with Crippen LogP contribution in [-0.2, 0) is 16.0 Å². The highest BCUT2D eigenvalue weighted by atomic mass is 16.4. The molecule has 0 radical (unpaired) electrons. The topological polar surface area (TPSA) is 121 Å². The summed E-state index contributed by atoms with van der Waals surface area (Å²) in [7, 11) is 0. The van der Waals surface area contributed by atoms with Gasteiger partial charge in [0, 0.05) is 29.2 Å². The first-order valence-corrected chi connectivity index (χ1v) is 9.81. The highest BCUT2D eigenvalue weighted by molar-refractivity contribution is 6.02. The van der Waals surface area contributed by atoms with Gasteiger partial charge in [0.2, 0.25) is 5.91 Å². The Bertz CT molecular complexity index is 1030. The van der Waals surface area contributed by atoms with Crippen molar-refractivity contribution in [3.63, 3.8) is 0 Å². The maximum Gasteiger partial charge on any atom is 0.320 e. The summed E-state index contributed by atoms with van der Waals surface area (Å²) in [6, 6.07) is 8.18. The first-order valence-electron chi connectivity index (χ1n) is 9.81. The fourth-order valence-electron chi connectivity index (χ4n) is 3.22. The molecule has 3 rings (SSSR count). The smallest absolute Gasteiger partial charge is 0.320 e. The van der Waals surface area contributed by atoms with E-state index in [1.165, 1.54) is 5.56 Å². The highest BCUT2D eigenvalue weighted by Crippen LogP contribution is 2.19. The van der Waals surface area contributed by atoms with Crippen LogP contribution in [0.4, 0.5) is 5.69 Å². The minimum Gasteiger partial charge on any atom is -0.480 e. The molecule has 7 nitrogen and oxygen atoms in total. The molecule has 2 heterocycles. The van der Waals surface area contributed by atoms with E-state index in [1.807, 2.05) is 25.2 Å². The minimum absolute atomic E-state index is 0.102. The predicted molar refractivity (Wildman–Crippen MR) is 118 cm³/mol. The second kappa shape index (κ2) is 9.37. The fourth-order valence-corrected chi connectivity index (χ4v) is 3.22. The molecule has 1 aromatic heterocycles. The van der Waals surface area contributed by atoms with Gasteiger partial charge in [-0.3, -0.25) is 14.6 Å². The molecule has 1 aliphatic rings. The predicted octanol–water partition coefficient (Wildman–Crippen LogP) is 3.36. The van der Waals surface area contributed by atoms with Crippen molar-refractivity contribution in [2.45, 2.75) is 39.2 Å². The number of aromatic nitrogens is 1. The van der Waals surface area contributed by atoms with Crippen molar-refractivity contribution in [2.24, 2.45) is 10.7 Å². The van der Waals surface area contributed by atoms with Crippen LogP contribution >= 0.6 is 0 Å². The van der Waals surface area contributed by atoms with Gasteiger partial charge in [0.15, 0.2) is 0 Å². The Labute approximate surface area is 175 Å². The lowest BCUT2D eigenvalue weighted by Gasteiger charge is -2.08. The lowest BCUT2D eigenvalue weighted by Crippen LogP contribution is -2.32. The van der Waals surface area contributed by atoms with Crippen LogP contribution in [0.25, 0.3) is 6.08 Å². The molecule has 0 fully saturated rings. The molecule has 1 aliphatic heterocycles. The Morgan fingerprint density at radius 2 is 1.97 bits per heavy atom. The van der Waals surface area contributed by atoms with E-state index in [-0.39, 0.29) is 12.3 Å². The van der Waals surface area contributed by atoms with Gasteiger partial charge in [0.1, 0.15) is 6.04 Å². The van der Waals surface area contributed by atoms with Crippen LogP contribution in [0.3, 0.4) is 0 Å². The van der Waals surface area contributed by atoms with Gasteiger partial charge in [-0.2, -0.15) is 0 Å². The van der Waals surface area contributed by atoms with Gasteiger partial charge in [-0.05, 0) is 74.2 Å². The van der Waals surface area contributed by atoms with Crippen molar-refractivity contribution in [3.8, 4) is 0 Å². The van der Waals surface area contributed by atoms with E-state index in [1.54, 1.807) is 24.3 Å². The van der Waals surface area contributed by atoms with Crippen molar-refractivity contribution in [1.82, 2.24) is 4.98 Å². The largest absolute Gasteiger partial charge is 0.480 e. The Morgan fingerprint density at radius 3 is 2.60 bits per heavy atom. The van der Waals surface area contributed by atoms with E-state index in [9.17, 15) is 9.59 Å². The molecule has 1 amide bonds. The molecule has 5 N–H and O–H groups in total. The number of anilines is 1. The van der Waals surface area contributed by atoms with Gasteiger partial charge >= 0.3 is 5.97 Å². The molecule has 156 valence electrons. The van der Waals surface area contributed by atoms with E-state index in [0.29, 0.717) is 18.5 Å². The summed E-state index contributed by atoms with van der Waals surface area (Å²) in [5.74, 6) is -1.14.